The summed E-state index contributed by atoms with van der Waals surface area (Å²) < 4.78 is 70.0. The summed E-state index contributed by atoms with van der Waals surface area (Å²) in [6.45, 7) is 1.78. The van der Waals surface area contributed by atoms with Crippen LogP contribution in [-0.2, 0) is 25.7 Å². The average Bonchev–Trinajstić information content (AvgIpc) is 2.64. The van der Waals surface area contributed by atoms with Crippen LogP contribution in [0.25, 0.3) is 0 Å². The van der Waals surface area contributed by atoms with Crippen LogP contribution in [0.5, 0.6) is 0 Å². The lowest BCUT2D eigenvalue weighted by molar-refractivity contribution is -0.142. The molecule has 0 fully saturated rings. The van der Waals surface area contributed by atoms with E-state index < -0.39 is 39.2 Å². The molecule has 0 spiro atoms. The van der Waals surface area contributed by atoms with Crippen LogP contribution in [0.1, 0.15) is 22.1 Å². The van der Waals surface area contributed by atoms with Crippen LogP contribution in [0, 0.1) is 6.92 Å². The number of carbonyl (C=O) groups excluding carboxylic acids is 1. The normalized spacial score (nSPS) is 14.4. The summed E-state index contributed by atoms with van der Waals surface area (Å²) in [5.41, 5.74) is 0.0649. The monoisotopic (exact) mass is 435 g/mol. The van der Waals surface area contributed by atoms with Crippen LogP contribution < -0.4 is 4.72 Å². The Kier molecular flexibility index (Phi) is 6.74. The zero-order chi connectivity index (χ0) is 21.1. The second-order valence-corrected chi connectivity index (χ2v) is 8.14. The number of carbonyl (C=O) groups is 1. The Bertz CT molecular complexity index is 929. The van der Waals surface area contributed by atoms with Gasteiger partial charge in [0.25, 0.3) is 0 Å². The summed E-state index contributed by atoms with van der Waals surface area (Å²) >= 11 is 6.22. The smallest absolute Gasteiger partial charge is 0.416 e. The van der Waals surface area contributed by atoms with Gasteiger partial charge in [-0.2, -0.15) is 17.9 Å². The van der Waals surface area contributed by atoms with Crippen LogP contribution in [0.15, 0.2) is 53.4 Å². The molecule has 0 saturated carbocycles. The number of hydrogen-bond donors (Lipinski definition) is 1. The van der Waals surface area contributed by atoms with E-state index >= 15 is 0 Å². The molecule has 10 heteroatoms. The minimum atomic E-state index is -4.53. The lowest BCUT2D eigenvalue weighted by Gasteiger charge is -2.22. The molecule has 0 amide bonds. The fourth-order valence-corrected chi connectivity index (χ4v) is 3.94. The lowest BCUT2D eigenvalue weighted by Crippen LogP contribution is -2.44. The van der Waals surface area contributed by atoms with Crippen molar-refractivity contribution in [1.82, 2.24) is 4.72 Å². The Morgan fingerprint density at radius 1 is 1.07 bits per heavy atom. The highest BCUT2D eigenvalue weighted by molar-refractivity contribution is 7.89. The number of esters is 1. The molecule has 152 valence electrons. The fraction of sp³-hybridized carbons (Fsp3) is 0.278. The van der Waals surface area contributed by atoms with E-state index in [4.69, 9.17) is 11.6 Å². The molecule has 0 saturated heterocycles. The van der Waals surface area contributed by atoms with Crippen molar-refractivity contribution < 1.29 is 31.1 Å². The molecule has 5 nitrogen and oxygen atoms in total. The maximum Gasteiger partial charge on any atom is 0.416 e. The van der Waals surface area contributed by atoms with Gasteiger partial charge in [-0.05, 0) is 36.8 Å². The fourth-order valence-electron chi connectivity index (χ4n) is 2.36. The lowest BCUT2D eigenvalue weighted by atomic mass is 10.0. The number of sulfonamides is 1. The number of ether oxygens (including phenoxy) is 1. The summed E-state index contributed by atoms with van der Waals surface area (Å²) in [4.78, 5) is 12.0. The van der Waals surface area contributed by atoms with Crippen LogP contribution >= 0.6 is 11.6 Å². The van der Waals surface area contributed by atoms with E-state index in [1.54, 1.807) is 19.1 Å². The molecule has 1 N–H and O–H groups in total. The molecule has 2 aromatic carbocycles. The molecular weight excluding hydrogens is 419 g/mol. The Hall–Kier alpha value is -2.10. The summed E-state index contributed by atoms with van der Waals surface area (Å²) in [5.74, 6) is -0.976. The second kappa shape index (κ2) is 8.50. The number of benzene rings is 2. The number of rotatable bonds is 6. The van der Waals surface area contributed by atoms with Gasteiger partial charge in [-0.1, -0.05) is 29.8 Å². The first kappa shape index (κ1) is 22.2. The van der Waals surface area contributed by atoms with Gasteiger partial charge < -0.3 is 4.74 Å². The number of nitrogens with one attached hydrogen (secondary N) is 1. The van der Waals surface area contributed by atoms with Crippen molar-refractivity contribution in [2.75, 3.05) is 7.11 Å². The number of aryl methyl sites for hydroxylation is 1. The molecule has 2 atom stereocenters. The number of hydrogen-bond acceptors (Lipinski definition) is 4. The maximum atomic E-state index is 12.7. The summed E-state index contributed by atoms with van der Waals surface area (Å²) in [7, 11) is -3.08. The highest BCUT2D eigenvalue weighted by atomic mass is 35.5. The Labute approximate surface area is 165 Å². The van der Waals surface area contributed by atoms with Crippen molar-refractivity contribution in [3.63, 3.8) is 0 Å². The maximum absolute atomic E-state index is 12.7. The molecule has 0 aromatic heterocycles. The van der Waals surface area contributed by atoms with Gasteiger partial charge in [-0.25, -0.2) is 8.42 Å². The van der Waals surface area contributed by atoms with Crippen molar-refractivity contribution >= 4 is 27.6 Å². The van der Waals surface area contributed by atoms with Gasteiger partial charge in [0, 0.05) is 0 Å². The molecule has 0 aliphatic rings. The van der Waals surface area contributed by atoms with Crippen molar-refractivity contribution in [2.24, 2.45) is 0 Å². The van der Waals surface area contributed by atoms with E-state index in [0.717, 1.165) is 36.9 Å². The van der Waals surface area contributed by atoms with Crippen molar-refractivity contribution in [2.45, 2.75) is 29.4 Å². The third-order valence-corrected chi connectivity index (χ3v) is 5.88. The molecule has 0 unspecified atom stereocenters. The molecule has 2 aromatic rings. The second-order valence-electron chi connectivity index (χ2n) is 5.96. The first-order valence-corrected chi connectivity index (χ1v) is 9.85. The predicted molar refractivity (Wildman–Crippen MR) is 97.3 cm³/mol. The summed E-state index contributed by atoms with van der Waals surface area (Å²) in [6.07, 6.45) is -4.53. The zero-order valence-electron chi connectivity index (χ0n) is 14.8. The molecule has 2 rings (SSSR count). The van der Waals surface area contributed by atoms with E-state index in [-0.39, 0.29) is 10.5 Å². The van der Waals surface area contributed by atoms with E-state index in [1.807, 2.05) is 0 Å². The van der Waals surface area contributed by atoms with Gasteiger partial charge in [0.05, 0.1) is 22.9 Å². The summed E-state index contributed by atoms with van der Waals surface area (Å²) in [5, 5.41) is -1.30. The van der Waals surface area contributed by atoms with Crippen LogP contribution in [0.3, 0.4) is 0 Å². The number of alkyl halides is 4. The quantitative estimate of drug-likeness (QED) is 0.553. The van der Waals surface area contributed by atoms with Gasteiger partial charge in [0.1, 0.15) is 6.04 Å². The van der Waals surface area contributed by atoms with Crippen molar-refractivity contribution in [3.8, 4) is 0 Å². The third kappa shape index (κ3) is 5.24. The van der Waals surface area contributed by atoms with Crippen LogP contribution in [0.2, 0.25) is 0 Å². The van der Waals surface area contributed by atoms with E-state index in [1.165, 1.54) is 12.1 Å². The Balaban J connectivity index is 2.32. The van der Waals surface area contributed by atoms with Crippen molar-refractivity contribution in [1.29, 1.82) is 0 Å². The topological polar surface area (TPSA) is 72.5 Å². The Morgan fingerprint density at radius 3 is 2.07 bits per heavy atom. The minimum Gasteiger partial charge on any atom is -0.468 e. The molecule has 0 aliphatic carbocycles. The molecular formula is C18H17ClF3NO4S. The van der Waals surface area contributed by atoms with Gasteiger partial charge in [-0.3, -0.25) is 4.79 Å². The van der Waals surface area contributed by atoms with E-state index in [2.05, 4.69) is 9.46 Å². The zero-order valence-corrected chi connectivity index (χ0v) is 16.4. The van der Waals surface area contributed by atoms with Gasteiger partial charge >= 0.3 is 12.1 Å². The Morgan fingerprint density at radius 2 is 1.61 bits per heavy atom. The molecule has 0 heterocycles. The molecule has 0 radical (unpaired) electrons. The molecule has 0 aliphatic heterocycles. The molecule has 0 bridgehead atoms. The minimum absolute atomic E-state index is 0.0942. The van der Waals surface area contributed by atoms with Gasteiger partial charge in [-0.15, -0.1) is 11.6 Å². The molecule has 28 heavy (non-hydrogen) atoms. The van der Waals surface area contributed by atoms with Gasteiger partial charge in [0.15, 0.2) is 0 Å². The van der Waals surface area contributed by atoms with Crippen LogP contribution in [0.4, 0.5) is 13.2 Å². The standard InChI is InChI=1S/C18H17ClF3NO4S/c1-11-3-9-14(10-4-11)28(25,26)23-16(17(24)27-2)15(19)12-5-7-13(8-6-12)18(20,21)22/h3-10,15-16,23H,1-2H3/t15-,16-/m0/s1. The predicted octanol–water partition coefficient (Wildman–Crippen LogP) is 3.81. The summed E-state index contributed by atoms with van der Waals surface area (Å²) in [6, 6.07) is 8.08. The average molecular weight is 436 g/mol. The SMILES string of the molecule is COC(=O)[C@@H](NS(=O)(=O)c1ccc(C)cc1)[C@@H](Cl)c1ccc(C(F)(F)F)cc1. The first-order chi connectivity index (χ1) is 13.0. The third-order valence-electron chi connectivity index (χ3n) is 3.92. The number of methoxy groups -OCH3 is 1. The first-order valence-electron chi connectivity index (χ1n) is 7.94. The largest absolute Gasteiger partial charge is 0.468 e. The van der Waals surface area contributed by atoms with Crippen molar-refractivity contribution in [3.05, 3.63) is 65.2 Å². The van der Waals surface area contributed by atoms with Crippen LogP contribution in [-0.4, -0.2) is 27.5 Å². The van der Waals surface area contributed by atoms with E-state index in [0.29, 0.717) is 0 Å². The highest BCUT2D eigenvalue weighted by Gasteiger charge is 2.35. The van der Waals surface area contributed by atoms with Gasteiger partial charge in [0.2, 0.25) is 10.0 Å². The van der Waals surface area contributed by atoms with E-state index in [9.17, 15) is 26.4 Å². The number of halogens is 4. The highest BCUT2D eigenvalue weighted by Crippen LogP contribution is 2.32.